The van der Waals surface area contributed by atoms with E-state index in [9.17, 15) is 9.90 Å². The molecule has 2 heterocycles. The van der Waals surface area contributed by atoms with Crippen LogP contribution in [-0.4, -0.2) is 55.9 Å². The molecule has 7 heteroatoms. The second-order valence-electron chi connectivity index (χ2n) is 11.6. The summed E-state index contributed by atoms with van der Waals surface area (Å²) >= 11 is 0. The number of esters is 1. The molecule has 7 nitrogen and oxygen atoms in total. The molecular weight excluding hydrogens is 518 g/mol. The highest BCUT2D eigenvalue weighted by molar-refractivity contribution is 6.03. The Morgan fingerprint density at radius 3 is 2.22 bits per heavy atom. The zero-order valence-corrected chi connectivity index (χ0v) is 24.4. The number of aromatic hydroxyl groups is 1. The van der Waals surface area contributed by atoms with Crippen LogP contribution in [0.1, 0.15) is 56.7 Å². The number of carbonyl (C=O) groups is 1. The number of phenolic OH excluding ortho intramolecular Hbond substituents is 1. The lowest BCUT2D eigenvalue weighted by Crippen LogP contribution is -2.33. The summed E-state index contributed by atoms with van der Waals surface area (Å²) in [6.45, 7) is 9.49. The summed E-state index contributed by atoms with van der Waals surface area (Å²) in [4.78, 5) is 15.0. The summed E-state index contributed by atoms with van der Waals surface area (Å²) in [6.07, 6.45) is 3.85. The average Bonchev–Trinajstić information content (AvgIpc) is 2.97. The number of likely N-dealkylation sites (tertiary alicyclic amines) is 1. The van der Waals surface area contributed by atoms with Crippen molar-refractivity contribution in [3.8, 4) is 28.7 Å². The number of benzene rings is 3. The van der Waals surface area contributed by atoms with Crippen LogP contribution in [0.3, 0.4) is 0 Å². The summed E-state index contributed by atoms with van der Waals surface area (Å²) in [5.74, 6) is 1.84. The number of hydrogen-bond donors (Lipinski definition) is 1. The third kappa shape index (κ3) is 6.68. The molecule has 3 aromatic carbocycles. The minimum atomic E-state index is -0.684. The van der Waals surface area contributed by atoms with Crippen molar-refractivity contribution in [3.63, 3.8) is 0 Å². The Morgan fingerprint density at radius 2 is 1.56 bits per heavy atom. The molecule has 0 amide bonds. The lowest BCUT2D eigenvalue weighted by atomic mass is 9.87. The van der Waals surface area contributed by atoms with Crippen LogP contribution in [0.2, 0.25) is 0 Å². The SMILES string of the molecule is COc1ccc(C2=C(c3ccc(OCCN4CCCCC4)cc3)c3c(O)cc(OC(=O)C(C)(C)C)cc3OC2)cc1. The van der Waals surface area contributed by atoms with Gasteiger partial charge in [-0.25, -0.2) is 0 Å². The van der Waals surface area contributed by atoms with E-state index in [0.29, 0.717) is 17.9 Å². The maximum Gasteiger partial charge on any atom is 0.316 e. The van der Waals surface area contributed by atoms with Crippen LogP contribution in [0.5, 0.6) is 28.7 Å². The van der Waals surface area contributed by atoms with Crippen molar-refractivity contribution >= 4 is 17.1 Å². The Hall–Kier alpha value is -3.97. The quantitative estimate of drug-likeness (QED) is 0.248. The van der Waals surface area contributed by atoms with Crippen molar-refractivity contribution in [1.82, 2.24) is 4.90 Å². The fourth-order valence-electron chi connectivity index (χ4n) is 5.17. The van der Waals surface area contributed by atoms with Crippen LogP contribution in [-0.2, 0) is 4.79 Å². The second kappa shape index (κ2) is 12.3. The van der Waals surface area contributed by atoms with E-state index in [1.165, 1.54) is 25.3 Å². The lowest BCUT2D eigenvalue weighted by Gasteiger charge is -2.27. The number of methoxy groups -OCH3 is 1. The number of piperidine rings is 1. The Bertz CT molecular complexity index is 1400. The zero-order chi connectivity index (χ0) is 29.0. The van der Waals surface area contributed by atoms with Gasteiger partial charge in [0.05, 0.1) is 18.1 Å². The summed E-state index contributed by atoms with van der Waals surface area (Å²) in [5.41, 5.74) is 3.51. The van der Waals surface area contributed by atoms with Gasteiger partial charge in [-0.05, 0) is 82.1 Å². The molecule has 2 aliphatic heterocycles. The van der Waals surface area contributed by atoms with Gasteiger partial charge in [0.1, 0.15) is 42.0 Å². The van der Waals surface area contributed by atoms with Crippen molar-refractivity contribution in [3.05, 3.63) is 77.4 Å². The molecule has 0 bridgehead atoms. The zero-order valence-electron chi connectivity index (χ0n) is 24.4. The fourth-order valence-corrected chi connectivity index (χ4v) is 5.17. The maximum absolute atomic E-state index is 12.5. The van der Waals surface area contributed by atoms with E-state index in [1.807, 2.05) is 48.5 Å². The number of rotatable bonds is 8. The molecule has 1 saturated heterocycles. The third-order valence-electron chi connectivity index (χ3n) is 7.51. The first-order valence-electron chi connectivity index (χ1n) is 14.3. The first kappa shape index (κ1) is 28.6. The summed E-state index contributed by atoms with van der Waals surface area (Å²) in [7, 11) is 1.64. The molecule has 41 heavy (non-hydrogen) atoms. The molecule has 0 saturated carbocycles. The van der Waals surface area contributed by atoms with Gasteiger partial charge in [-0.15, -0.1) is 0 Å². The number of hydrogen-bond acceptors (Lipinski definition) is 7. The van der Waals surface area contributed by atoms with E-state index in [-0.39, 0.29) is 18.1 Å². The van der Waals surface area contributed by atoms with Gasteiger partial charge in [0.15, 0.2) is 0 Å². The normalized spacial score (nSPS) is 15.6. The van der Waals surface area contributed by atoms with Crippen LogP contribution in [0.15, 0.2) is 60.7 Å². The van der Waals surface area contributed by atoms with E-state index >= 15 is 0 Å². The van der Waals surface area contributed by atoms with E-state index in [0.717, 1.165) is 53.4 Å². The van der Waals surface area contributed by atoms with Crippen molar-refractivity contribution in [1.29, 1.82) is 0 Å². The monoisotopic (exact) mass is 557 g/mol. The summed E-state index contributed by atoms with van der Waals surface area (Å²) in [6, 6.07) is 18.9. The number of phenols is 1. The molecule has 0 aromatic heterocycles. The van der Waals surface area contributed by atoms with Crippen molar-refractivity contribution in [2.45, 2.75) is 40.0 Å². The number of carbonyl (C=O) groups excluding carboxylic acids is 1. The van der Waals surface area contributed by atoms with E-state index in [2.05, 4.69) is 4.90 Å². The highest BCUT2D eigenvalue weighted by atomic mass is 16.5. The minimum Gasteiger partial charge on any atom is -0.507 e. The van der Waals surface area contributed by atoms with E-state index in [4.69, 9.17) is 18.9 Å². The predicted molar refractivity (Wildman–Crippen MR) is 160 cm³/mol. The third-order valence-corrected chi connectivity index (χ3v) is 7.51. The highest BCUT2D eigenvalue weighted by Crippen LogP contribution is 2.47. The maximum atomic E-state index is 12.5. The fraction of sp³-hybridized carbons (Fsp3) is 0.382. The van der Waals surface area contributed by atoms with Gasteiger partial charge in [-0.2, -0.15) is 0 Å². The van der Waals surface area contributed by atoms with Crippen LogP contribution in [0, 0.1) is 5.41 Å². The second-order valence-corrected chi connectivity index (χ2v) is 11.6. The van der Waals surface area contributed by atoms with Gasteiger partial charge in [-0.3, -0.25) is 9.69 Å². The van der Waals surface area contributed by atoms with E-state index < -0.39 is 11.4 Å². The molecule has 3 aromatic rings. The highest BCUT2D eigenvalue weighted by Gasteiger charge is 2.29. The van der Waals surface area contributed by atoms with Gasteiger partial charge in [-0.1, -0.05) is 30.7 Å². The molecule has 0 atom stereocenters. The molecule has 216 valence electrons. The summed E-state index contributed by atoms with van der Waals surface area (Å²) < 4.78 is 23.1. The smallest absolute Gasteiger partial charge is 0.316 e. The molecule has 5 rings (SSSR count). The van der Waals surface area contributed by atoms with Gasteiger partial charge < -0.3 is 24.1 Å². The van der Waals surface area contributed by atoms with Gasteiger partial charge >= 0.3 is 5.97 Å². The topological polar surface area (TPSA) is 77.5 Å². The van der Waals surface area contributed by atoms with Crippen molar-refractivity contribution < 1.29 is 28.8 Å². The average molecular weight is 558 g/mol. The van der Waals surface area contributed by atoms with Gasteiger partial charge in [0.25, 0.3) is 0 Å². The molecule has 1 fully saturated rings. The standard InChI is InChI=1S/C34H39NO6/c1-34(2,3)33(37)41-27-20-29(36)32-30(21-27)40-22-28(23-8-12-25(38-4)13-9-23)31(32)24-10-14-26(15-11-24)39-19-18-35-16-6-5-7-17-35/h8-15,20-21,36H,5-7,16-19,22H2,1-4H3. The van der Waals surface area contributed by atoms with Gasteiger partial charge in [0.2, 0.25) is 0 Å². The molecule has 1 N–H and O–H groups in total. The molecule has 0 spiro atoms. The van der Waals surface area contributed by atoms with Crippen LogP contribution < -0.4 is 18.9 Å². The Morgan fingerprint density at radius 1 is 0.902 bits per heavy atom. The van der Waals surface area contributed by atoms with Crippen molar-refractivity contribution in [2.75, 3.05) is 40.0 Å². The van der Waals surface area contributed by atoms with E-state index in [1.54, 1.807) is 33.9 Å². The largest absolute Gasteiger partial charge is 0.507 e. The molecule has 0 unspecified atom stereocenters. The summed E-state index contributed by atoms with van der Waals surface area (Å²) in [5, 5.41) is 11.3. The van der Waals surface area contributed by atoms with Crippen LogP contribution >= 0.6 is 0 Å². The Kier molecular flexibility index (Phi) is 8.54. The van der Waals surface area contributed by atoms with Crippen LogP contribution in [0.4, 0.5) is 0 Å². The molecule has 0 radical (unpaired) electrons. The van der Waals surface area contributed by atoms with Crippen molar-refractivity contribution in [2.24, 2.45) is 5.41 Å². The molecule has 2 aliphatic rings. The van der Waals surface area contributed by atoms with Crippen LogP contribution in [0.25, 0.3) is 11.1 Å². The first-order chi connectivity index (χ1) is 19.7. The number of fused-ring (bicyclic) bond motifs is 1. The molecular formula is C34H39NO6. The Balaban J connectivity index is 1.47. The first-order valence-corrected chi connectivity index (χ1v) is 14.3. The molecule has 0 aliphatic carbocycles. The number of nitrogens with zero attached hydrogens (tertiary/aromatic N) is 1. The minimum absolute atomic E-state index is 0.0261. The van der Waals surface area contributed by atoms with Gasteiger partial charge in [0, 0.05) is 29.8 Å². The lowest BCUT2D eigenvalue weighted by molar-refractivity contribution is -0.143. The number of ether oxygens (including phenoxy) is 4. The Labute approximate surface area is 242 Å². The predicted octanol–water partition coefficient (Wildman–Crippen LogP) is 6.57.